The highest BCUT2D eigenvalue weighted by Gasteiger charge is 2.14. The molecule has 0 aliphatic heterocycles. The van der Waals surface area contributed by atoms with Crippen molar-refractivity contribution in [3.05, 3.63) is 39.6 Å². The maximum absolute atomic E-state index is 12.1. The van der Waals surface area contributed by atoms with Crippen LogP contribution in [0.15, 0.2) is 30.5 Å². The van der Waals surface area contributed by atoms with E-state index in [9.17, 15) is 9.90 Å². The first-order chi connectivity index (χ1) is 8.99. The number of benzene rings is 1. The zero-order chi connectivity index (χ0) is 14.0. The Morgan fingerprint density at radius 2 is 2.16 bits per heavy atom. The second-order valence-electron chi connectivity index (χ2n) is 4.37. The zero-order valence-corrected chi connectivity index (χ0v) is 12.7. The molecule has 2 rings (SSSR count). The van der Waals surface area contributed by atoms with Crippen molar-refractivity contribution >= 4 is 34.3 Å². The molecule has 0 bridgehead atoms. The molecule has 0 radical (unpaired) electrons. The van der Waals surface area contributed by atoms with Crippen LogP contribution in [0.1, 0.15) is 30.2 Å². The number of hydrogen-bond donors (Lipinski definition) is 2. The number of anilines is 1. The van der Waals surface area contributed by atoms with Crippen molar-refractivity contribution in [1.82, 2.24) is 9.78 Å². The molecule has 0 unspecified atom stereocenters. The summed E-state index contributed by atoms with van der Waals surface area (Å²) in [5, 5.41) is 16.6. The Morgan fingerprint density at radius 1 is 1.42 bits per heavy atom. The molecule has 0 saturated carbocycles. The smallest absolute Gasteiger partial charge is 0.260 e. The summed E-state index contributed by atoms with van der Waals surface area (Å²) < 4.78 is 2.60. The molecule has 100 valence electrons. The van der Waals surface area contributed by atoms with E-state index in [1.807, 2.05) is 13.8 Å². The lowest BCUT2D eigenvalue weighted by atomic mass is 10.2. The van der Waals surface area contributed by atoms with E-state index in [0.717, 1.165) is 3.57 Å². The first-order valence-electron chi connectivity index (χ1n) is 5.82. The van der Waals surface area contributed by atoms with Crippen LogP contribution < -0.4 is 5.32 Å². The van der Waals surface area contributed by atoms with Crippen LogP contribution >= 0.6 is 22.6 Å². The Balaban J connectivity index is 2.26. The van der Waals surface area contributed by atoms with Gasteiger partial charge in [0.15, 0.2) is 0 Å². The highest BCUT2D eigenvalue weighted by atomic mass is 127. The number of phenols is 1. The van der Waals surface area contributed by atoms with E-state index in [2.05, 4.69) is 33.0 Å². The van der Waals surface area contributed by atoms with E-state index in [1.165, 1.54) is 6.07 Å². The topological polar surface area (TPSA) is 67.2 Å². The van der Waals surface area contributed by atoms with Gasteiger partial charge in [-0.2, -0.15) is 5.10 Å². The van der Waals surface area contributed by atoms with Crippen LogP contribution in [0.4, 0.5) is 5.82 Å². The number of nitrogens with zero attached hydrogens (tertiary/aromatic N) is 2. The predicted molar refractivity (Wildman–Crippen MR) is 81.4 cm³/mol. The van der Waals surface area contributed by atoms with Crippen molar-refractivity contribution in [2.75, 3.05) is 5.32 Å². The standard InChI is InChI=1S/C13H14IN3O2/c1-8(2)17-12(5-6-15-17)16-13(19)10-7-9(14)3-4-11(10)18/h3-8,18H,1-2H3,(H,16,19). The van der Waals surface area contributed by atoms with Gasteiger partial charge in [-0.1, -0.05) is 0 Å². The number of carbonyl (C=O) groups excluding carboxylic acids is 1. The van der Waals surface area contributed by atoms with Gasteiger partial charge in [0.1, 0.15) is 11.6 Å². The van der Waals surface area contributed by atoms with E-state index in [4.69, 9.17) is 0 Å². The van der Waals surface area contributed by atoms with Crippen LogP contribution in [0.2, 0.25) is 0 Å². The van der Waals surface area contributed by atoms with Crippen molar-refractivity contribution in [3.63, 3.8) is 0 Å². The maximum atomic E-state index is 12.1. The molecule has 2 aromatic rings. The molecule has 1 aromatic heterocycles. The van der Waals surface area contributed by atoms with Crippen molar-refractivity contribution in [1.29, 1.82) is 0 Å². The molecule has 6 heteroatoms. The van der Waals surface area contributed by atoms with Gasteiger partial charge in [-0.15, -0.1) is 0 Å². The predicted octanol–water partition coefficient (Wildman–Crippen LogP) is 3.03. The number of rotatable bonds is 3. The van der Waals surface area contributed by atoms with E-state index in [0.29, 0.717) is 5.82 Å². The van der Waals surface area contributed by atoms with Crippen molar-refractivity contribution in [2.24, 2.45) is 0 Å². The first kappa shape index (κ1) is 13.9. The summed E-state index contributed by atoms with van der Waals surface area (Å²) in [7, 11) is 0. The third kappa shape index (κ3) is 3.06. The number of aromatic nitrogens is 2. The van der Waals surface area contributed by atoms with Gasteiger partial charge in [0, 0.05) is 15.7 Å². The van der Waals surface area contributed by atoms with Gasteiger partial charge in [-0.05, 0) is 54.6 Å². The monoisotopic (exact) mass is 371 g/mol. The molecule has 0 saturated heterocycles. The van der Waals surface area contributed by atoms with E-state index < -0.39 is 0 Å². The fourth-order valence-corrected chi connectivity index (χ4v) is 2.19. The highest BCUT2D eigenvalue weighted by Crippen LogP contribution is 2.21. The Labute approximate surface area is 124 Å². The summed E-state index contributed by atoms with van der Waals surface area (Å²) in [6.45, 7) is 3.96. The second kappa shape index (κ2) is 5.60. The van der Waals surface area contributed by atoms with Crippen molar-refractivity contribution < 1.29 is 9.90 Å². The Bertz CT molecular complexity index is 608. The van der Waals surface area contributed by atoms with Crippen molar-refractivity contribution in [3.8, 4) is 5.75 Å². The summed E-state index contributed by atoms with van der Waals surface area (Å²) in [5.41, 5.74) is 0.253. The van der Waals surface area contributed by atoms with Crippen molar-refractivity contribution in [2.45, 2.75) is 19.9 Å². The van der Waals surface area contributed by atoms with Crippen LogP contribution in [0, 0.1) is 3.57 Å². The summed E-state index contributed by atoms with van der Waals surface area (Å²) in [5.74, 6) is 0.227. The third-order valence-electron chi connectivity index (χ3n) is 2.60. The lowest BCUT2D eigenvalue weighted by molar-refractivity contribution is 0.102. The van der Waals surface area contributed by atoms with Crippen LogP contribution in [0.5, 0.6) is 5.75 Å². The Hall–Kier alpha value is -1.57. The van der Waals surface area contributed by atoms with E-state index in [1.54, 1.807) is 29.1 Å². The number of nitrogens with one attached hydrogen (secondary N) is 1. The SMILES string of the molecule is CC(C)n1nccc1NC(=O)c1cc(I)ccc1O. The number of halogens is 1. The molecule has 1 heterocycles. The highest BCUT2D eigenvalue weighted by molar-refractivity contribution is 14.1. The number of phenolic OH excluding ortho intramolecular Hbond substituents is 1. The lowest BCUT2D eigenvalue weighted by Gasteiger charge is -2.12. The molecule has 0 aliphatic carbocycles. The van der Waals surface area contributed by atoms with E-state index >= 15 is 0 Å². The molecular formula is C13H14IN3O2. The average molecular weight is 371 g/mol. The van der Waals surface area contributed by atoms with Crippen LogP contribution in [0.3, 0.4) is 0 Å². The Kier molecular flexibility index (Phi) is 4.08. The van der Waals surface area contributed by atoms with Crippen LogP contribution in [-0.4, -0.2) is 20.8 Å². The van der Waals surface area contributed by atoms with Gasteiger partial charge in [0.05, 0.1) is 11.8 Å². The maximum Gasteiger partial charge on any atom is 0.260 e. The Morgan fingerprint density at radius 3 is 2.84 bits per heavy atom. The summed E-state index contributed by atoms with van der Waals surface area (Å²) in [4.78, 5) is 12.1. The summed E-state index contributed by atoms with van der Waals surface area (Å²) in [6, 6.07) is 6.76. The molecule has 5 nitrogen and oxygen atoms in total. The number of aromatic hydroxyl groups is 1. The molecule has 0 spiro atoms. The zero-order valence-electron chi connectivity index (χ0n) is 10.6. The van der Waals surface area contributed by atoms with Gasteiger partial charge in [0.25, 0.3) is 5.91 Å². The largest absolute Gasteiger partial charge is 0.507 e. The second-order valence-corrected chi connectivity index (χ2v) is 5.62. The molecule has 2 N–H and O–H groups in total. The van der Waals surface area contributed by atoms with Gasteiger partial charge in [-0.25, -0.2) is 4.68 Å². The van der Waals surface area contributed by atoms with Crippen LogP contribution in [-0.2, 0) is 0 Å². The molecule has 0 fully saturated rings. The summed E-state index contributed by atoms with van der Waals surface area (Å²) in [6.07, 6.45) is 1.63. The normalized spacial score (nSPS) is 10.7. The first-order valence-corrected chi connectivity index (χ1v) is 6.90. The van der Waals surface area contributed by atoms with Gasteiger partial charge >= 0.3 is 0 Å². The fourth-order valence-electron chi connectivity index (χ4n) is 1.70. The number of hydrogen-bond acceptors (Lipinski definition) is 3. The van der Waals surface area contributed by atoms with E-state index in [-0.39, 0.29) is 23.3 Å². The molecule has 1 aromatic carbocycles. The number of carbonyl (C=O) groups is 1. The van der Waals surface area contributed by atoms with Gasteiger partial charge < -0.3 is 10.4 Å². The summed E-state index contributed by atoms with van der Waals surface area (Å²) >= 11 is 2.09. The lowest BCUT2D eigenvalue weighted by Crippen LogP contribution is -2.17. The molecule has 0 aliphatic rings. The minimum absolute atomic E-state index is 0.0338. The van der Waals surface area contributed by atoms with Gasteiger partial charge in [-0.3, -0.25) is 4.79 Å². The number of amides is 1. The third-order valence-corrected chi connectivity index (χ3v) is 3.28. The molecule has 1 amide bonds. The molecular weight excluding hydrogens is 357 g/mol. The van der Waals surface area contributed by atoms with Gasteiger partial charge in [0.2, 0.25) is 0 Å². The quantitative estimate of drug-likeness (QED) is 0.816. The van der Waals surface area contributed by atoms with Crippen LogP contribution in [0.25, 0.3) is 0 Å². The fraction of sp³-hybridized carbons (Fsp3) is 0.231. The molecule has 19 heavy (non-hydrogen) atoms. The minimum atomic E-state index is -0.349. The minimum Gasteiger partial charge on any atom is -0.507 e. The molecule has 0 atom stereocenters. The average Bonchev–Trinajstić information content (AvgIpc) is 2.80.